The maximum absolute atomic E-state index is 14.3. The van der Waals surface area contributed by atoms with Crippen LogP contribution in [0.2, 0.25) is 5.02 Å². The van der Waals surface area contributed by atoms with Crippen LogP contribution < -0.4 is 19.6 Å². The van der Waals surface area contributed by atoms with Gasteiger partial charge >= 0.3 is 17.8 Å². The fourth-order valence-corrected chi connectivity index (χ4v) is 6.39. The van der Waals surface area contributed by atoms with E-state index < -0.39 is 51.4 Å². The minimum atomic E-state index is -5.09. The molecule has 0 unspecified atom stereocenters. The molecule has 1 aliphatic rings. The van der Waals surface area contributed by atoms with Gasteiger partial charge in [-0.2, -0.15) is 13.2 Å². The van der Waals surface area contributed by atoms with Gasteiger partial charge in [0.2, 0.25) is 5.75 Å². The first-order valence-corrected chi connectivity index (χ1v) is 15.2. The summed E-state index contributed by atoms with van der Waals surface area (Å²) < 4.78 is 68.5. The summed E-state index contributed by atoms with van der Waals surface area (Å²) in [6, 6.07) is 12.2. The van der Waals surface area contributed by atoms with E-state index in [1.165, 1.54) is 61.5 Å². The Morgan fingerprint density at radius 3 is 2.52 bits per heavy atom. The summed E-state index contributed by atoms with van der Waals surface area (Å²) in [6.45, 7) is 0.865. The first kappa shape index (κ1) is 33.0. The van der Waals surface area contributed by atoms with Crippen LogP contribution in [0, 0.1) is 15.9 Å². The molecule has 0 fully saturated rings. The molecular formula is C30H19BrClF4N3O6S. The minimum Gasteiger partial charge on any atom is -0.481 e. The number of nitro groups is 1. The molecule has 46 heavy (non-hydrogen) atoms. The molecule has 0 spiro atoms. The summed E-state index contributed by atoms with van der Waals surface area (Å²) in [5.41, 5.74) is -3.33. The van der Waals surface area contributed by atoms with Crippen molar-refractivity contribution < 1.29 is 36.8 Å². The number of halogens is 6. The summed E-state index contributed by atoms with van der Waals surface area (Å²) in [6.07, 6.45) is -3.85. The number of rotatable bonds is 8. The van der Waals surface area contributed by atoms with Gasteiger partial charge < -0.3 is 9.47 Å². The van der Waals surface area contributed by atoms with Crippen LogP contribution in [-0.4, -0.2) is 28.2 Å². The van der Waals surface area contributed by atoms with E-state index >= 15 is 0 Å². The Morgan fingerprint density at radius 1 is 1.20 bits per heavy atom. The Bertz CT molecular complexity index is 2080. The third kappa shape index (κ3) is 6.62. The van der Waals surface area contributed by atoms with Crippen molar-refractivity contribution in [3.05, 3.63) is 134 Å². The van der Waals surface area contributed by atoms with Crippen molar-refractivity contribution in [1.82, 2.24) is 4.57 Å². The van der Waals surface area contributed by atoms with Crippen LogP contribution >= 0.6 is 38.9 Å². The van der Waals surface area contributed by atoms with Crippen molar-refractivity contribution in [3.8, 4) is 5.75 Å². The van der Waals surface area contributed by atoms with E-state index in [-0.39, 0.29) is 54.5 Å². The van der Waals surface area contributed by atoms with Crippen molar-refractivity contribution >= 4 is 56.6 Å². The average molecular weight is 741 g/mol. The number of nitro benzene ring substituents is 1. The molecule has 1 atom stereocenters. The Balaban J connectivity index is 1.67. The van der Waals surface area contributed by atoms with E-state index in [1.807, 2.05) is 0 Å². The molecule has 5 rings (SSSR count). The van der Waals surface area contributed by atoms with E-state index in [0.717, 1.165) is 10.6 Å². The number of carbonyl (C=O) groups is 1. The zero-order chi connectivity index (χ0) is 33.3. The van der Waals surface area contributed by atoms with Crippen molar-refractivity contribution in [2.75, 3.05) is 6.61 Å². The fourth-order valence-electron chi connectivity index (χ4n) is 4.68. The number of benzene rings is 3. The van der Waals surface area contributed by atoms with Gasteiger partial charge in [-0.05, 0) is 64.3 Å². The molecule has 238 valence electrons. The number of hydrogen-bond acceptors (Lipinski definition) is 8. The van der Waals surface area contributed by atoms with Gasteiger partial charge in [0.1, 0.15) is 12.4 Å². The molecule has 16 heteroatoms. The molecule has 1 aliphatic heterocycles. The predicted octanol–water partition coefficient (Wildman–Crippen LogP) is 6.38. The van der Waals surface area contributed by atoms with Crippen LogP contribution in [-0.2, 0) is 16.1 Å². The quantitative estimate of drug-likeness (QED) is 0.0897. The number of alkyl halides is 3. The monoisotopic (exact) mass is 739 g/mol. The van der Waals surface area contributed by atoms with E-state index in [4.69, 9.17) is 21.1 Å². The Labute approximate surface area is 274 Å². The Kier molecular flexibility index (Phi) is 9.47. The number of nitrogens with zero attached hydrogens (tertiary/aromatic N) is 3. The Morgan fingerprint density at radius 2 is 1.89 bits per heavy atom. The number of hydrogen-bond donors (Lipinski definition) is 0. The summed E-state index contributed by atoms with van der Waals surface area (Å²) in [5, 5.41) is 12.2. The topological polar surface area (TPSA) is 113 Å². The van der Waals surface area contributed by atoms with Crippen LogP contribution in [0.1, 0.15) is 29.7 Å². The maximum atomic E-state index is 14.3. The molecule has 0 N–H and O–H groups in total. The van der Waals surface area contributed by atoms with Crippen molar-refractivity contribution in [1.29, 1.82) is 0 Å². The number of aromatic nitrogens is 1. The third-order valence-electron chi connectivity index (χ3n) is 6.65. The van der Waals surface area contributed by atoms with Crippen LogP contribution in [0.4, 0.5) is 23.2 Å². The zero-order valence-electron chi connectivity index (χ0n) is 23.3. The number of fused-ring (bicyclic) bond motifs is 1. The molecule has 4 aromatic rings. The van der Waals surface area contributed by atoms with Crippen molar-refractivity contribution in [2.45, 2.75) is 25.7 Å². The molecule has 0 bridgehead atoms. The van der Waals surface area contributed by atoms with Gasteiger partial charge in [-0.1, -0.05) is 53.3 Å². The van der Waals surface area contributed by atoms with Crippen LogP contribution in [0.5, 0.6) is 5.75 Å². The highest BCUT2D eigenvalue weighted by Gasteiger charge is 2.45. The van der Waals surface area contributed by atoms with Gasteiger partial charge in [0.25, 0.3) is 5.56 Å². The van der Waals surface area contributed by atoms with Crippen molar-refractivity contribution in [3.63, 3.8) is 0 Å². The first-order valence-electron chi connectivity index (χ1n) is 13.2. The highest BCUT2D eigenvalue weighted by molar-refractivity contribution is 9.10. The van der Waals surface area contributed by atoms with Crippen LogP contribution in [0.15, 0.2) is 86.2 Å². The second-order valence-corrected chi connectivity index (χ2v) is 11.9. The van der Waals surface area contributed by atoms with E-state index in [0.29, 0.717) is 11.3 Å². The maximum Gasteiger partial charge on any atom is 0.434 e. The molecule has 0 radical (unpaired) electrons. The smallest absolute Gasteiger partial charge is 0.434 e. The molecule has 0 aliphatic carbocycles. The van der Waals surface area contributed by atoms with Crippen LogP contribution in [0.25, 0.3) is 6.08 Å². The van der Waals surface area contributed by atoms with Gasteiger partial charge in [-0.3, -0.25) is 19.5 Å². The standard InChI is InChI=1S/C30H19BrClF4N3O6S/c1-2-44-28(41)23-24(16-7-9-18(32)10-8-16)38-27(40)22(46-29(38)37-26(23)30(34,35)36)13-15-11-19(31)25(21(12-15)39(42)43)45-14-17-5-3-4-6-20(17)33/h3-13,24H,2,14H2,1H3/b22-13-/t24-/m0/s1. The lowest BCUT2D eigenvalue weighted by molar-refractivity contribution is -0.386. The normalized spacial score (nSPS) is 14.9. The second kappa shape index (κ2) is 13.2. The number of ether oxygens (including phenoxy) is 2. The highest BCUT2D eigenvalue weighted by atomic mass is 79.9. The SMILES string of the molecule is CCOC(=O)C1=C(C(F)(F)F)N=c2s/c(=C\c3cc(Br)c(OCc4ccccc4F)c([N+](=O)[O-])c3)c(=O)n2[C@H]1c1ccc(Cl)cc1. The lowest BCUT2D eigenvalue weighted by Gasteiger charge is -2.26. The van der Waals surface area contributed by atoms with Gasteiger partial charge in [-0.25, -0.2) is 14.2 Å². The van der Waals surface area contributed by atoms with E-state index in [9.17, 15) is 37.3 Å². The summed E-state index contributed by atoms with van der Waals surface area (Å²) in [7, 11) is 0. The number of carbonyl (C=O) groups excluding carboxylic acids is 1. The third-order valence-corrected chi connectivity index (χ3v) is 8.48. The molecule has 9 nitrogen and oxygen atoms in total. The highest BCUT2D eigenvalue weighted by Crippen LogP contribution is 2.39. The predicted molar refractivity (Wildman–Crippen MR) is 164 cm³/mol. The van der Waals surface area contributed by atoms with Gasteiger partial charge in [0, 0.05) is 16.7 Å². The molecule has 2 heterocycles. The molecule has 0 saturated heterocycles. The zero-order valence-corrected chi connectivity index (χ0v) is 26.5. The number of esters is 1. The van der Waals surface area contributed by atoms with E-state index in [2.05, 4.69) is 20.9 Å². The largest absolute Gasteiger partial charge is 0.481 e. The van der Waals surface area contributed by atoms with Crippen molar-refractivity contribution in [2.24, 2.45) is 4.99 Å². The molecular weight excluding hydrogens is 722 g/mol. The summed E-state index contributed by atoms with van der Waals surface area (Å²) in [4.78, 5) is 41.3. The lowest BCUT2D eigenvalue weighted by Crippen LogP contribution is -2.41. The number of allylic oxidation sites excluding steroid dienone is 1. The lowest BCUT2D eigenvalue weighted by atomic mass is 9.95. The van der Waals surface area contributed by atoms with Gasteiger partial charge in [0.05, 0.1) is 32.2 Å². The van der Waals surface area contributed by atoms with E-state index in [1.54, 1.807) is 6.07 Å². The fraction of sp³-hybridized carbons (Fsp3) is 0.167. The van der Waals surface area contributed by atoms with Gasteiger partial charge in [-0.15, -0.1) is 0 Å². The first-order chi connectivity index (χ1) is 21.8. The number of thiazole rings is 1. The second-order valence-electron chi connectivity index (χ2n) is 9.60. The minimum absolute atomic E-state index is 0.0973. The molecule has 0 amide bonds. The average Bonchev–Trinajstić information content (AvgIpc) is 3.30. The molecule has 3 aromatic carbocycles. The molecule has 0 saturated carbocycles. The Hall–Kier alpha value is -4.34. The summed E-state index contributed by atoms with van der Waals surface area (Å²) >= 11 is 9.81. The summed E-state index contributed by atoms with van der Waals surface area (Å²) in [5.74, 6) is -2.08. The van der Waals surface area contributed by atoms with Gasteiger partial charge in [0.15, 0.2) is 10.5 Å². The van der Waals surface area contributed by atoms with Crippen LogP contribution in [0.3, 0.4) is 0 Å². The molecule has 1 aromatic heterocycles.